The Bertz CT molecular complexity index is 2040. The predicted octanol–water partition coefficient (Wildman–Crippen LogP) is 8.94. The zero-order valence-corrected chi connectivity index (χ0v) is 26.0. The molecular formula is C36H25Cl2N3O3S. The monoisotopic (exact) mass is 649 g/mol. The van der Waals surface area contributed by atoms with Gasteiger partial charge in [0.1, 0.15) is 5.70 Å². The highest BCUT2D eigenvalue weighted by molar-refractivity contribution is 8.00. The van der Waals surface area contributed by atoms with Crippen molar-refractivity contribution in [2.45, 2.75) is 4.90 Å². The standard InChI is InChI=1S/C36H25Cl2N3O3S/c37-29-14-8-11-24(34(29)38)21-30(40-35(43)23-9-2-1-3-10-23)36(44)39-25-17-19-26(20-18-25)45-22-33(42)41-31-15-6-4-12-27(31)28-13-5-7-16-32(28)41/h1-21H,22H2,(H,39,44)(H,40,43)/b30-21-. The Balaban J connectivity index is 1.17. The molecule has 0 saturated heterocycles. The van der Waals surface area contributed by atoms with Crippen LogP contribution in [0, 0.1) is 0 Å². The number of rotatable bonds is 8. The molecule has 0 spiro atoms. The van der Waals surface area contributed by atoms with Gasteiger partial charge in [-0.1, -0.05) is 89.9 Å². The highest BCUT2D eigenvalue weighted by Gasteiger charge is 2.18. The Kier molecular flexibility index (Phi) is 9.03. The molecule has 0 saturated carbocycles. The summed E-state index contributed by atoms with van der Waals surface area (Å²) in [5, 5.41) is 8.19. The Morgan fingerprint density at radius 1 is 0.711 bits per heavy atom. The van der Waals surface area contributed by atoms with E-state index in [9.17, 15) is 14.4 Å². The quantitative estimate of drug-likeness (QED) is 0.127. The number of aromatic nitrogens is 1. The maximum absolute atomic E-state index is 13.4. The summed E-state index contributed by atoms with van der Waals surface area (Å²) in [6.07, 6.45) is 1.48. The lowest BCUT2D eigenvalue weighted by Gasteiger charge is -2.12. The Morgan fingerprint density at radius 2 is 1.33 bits per heavy atom. The number of hydrogen-bond acceptors (Lipinski definition) is 4. The maximum Gasteiger partial charge on any atom is 0.272 e. The van der Waals surface area contributed by atoms with Crippen molar-refractivity contribution in [2.75, 3.05) is 11.1 Å². The van der Waals surface area contributed by atoms with E-state index in [1.54, 1.807) is 65.2 Å². The summed E-state index contributed by atoms with van der Waals surface area (Å²) in [4.78, 5) is 40.6. The van der Waals surface area contributed by atoms with Crippen LogP contribution in [-0.2, 0) is 4.79 Å². The summed E-state index contributed by atoms with van der Waals surface area (Å²) < 4.78 is 1.77. The number of thioether (sulfide) groups is 1. The highest BCUT2D eigenvalue weighted by atomic mass is 35.5. The fourth-order valence-corrected chi connectivity index (χ4v) is 6.07. The van der Waals surface area contributed by atoms with Crippen LogP contribution in [0.25, 0.3) is 27.9 Å². The van der Waals surface area contributed by atoms with Crippen LogP contribution in [-0.4, -0.2) is 28.0 Å². The Hall–Kier alpha value is -4.82. The molecule has 2 N–H and O–H groups in total. The number of amides is 2. The number of para-hydroxylation sites is 2. The van der Waals surface area contributed by atoms with Gasteiger partial charge in [-0.05, 0) is 66.2 Å². The average molecular weight is 651 g/mol. The predicted molar refractivity (Wildman–Crippen MR) is 184 cm³/mol. The van der Waals surface area contributed by atoms with Crippen LogP contribution < -0.4 is 10.6 Å². The minimum Gasteiger partial charge on any atom is -0.321 e. The van der Waals surface area contributed by atoms with E-state index in [1.165, 1.54) is 17.8 Å². The van der Waals surface area contributed by atoms with Crippen LogP contribution in [0.3, 0.4) is 0 Å². The van der Waals surface area contributed by atoms with Crippen LogP contribution >= 0.6 is 35.0 Å². The van der Waals surface area contributed by atoms with Crippen molar-refractivity contribution in [1.29, 1.82) is 0 Å². The lowest BCUT2D eigenvalue weighted by molar-refractivity contribution is -0.113. The van der Waals surface area contributed by atoms with Crippen LogP contribution in [0.5, 0.6) is 0 Å². The second-order valence-corrected chi connectivity index (χ2v) is 11.9. The topological polar surface area (TPSA) is 80.2 Å². The number of benzene rings is 5. The number of hydrogen-bond donors (Lipinski definition) is 2. The molecule has 0 aliphatic rings. The van der Waals surface area contributed by atoms with Crippen molar-refractivity contribution in [1.82, 2.24) is 9.88 Å². The number of anilines is 1. The molecular weight excluding hydrogens is 625 g/mol. The molecule has 5 aromatic carbocycles. The third-order valence-corrected chi connectivity index (χ3v) is 8.94. The van der Waals surface area contributed by atoms with E-state index < -0.39 is 11.8 Å². The zero-order valence-electron chi connectivity index (χ0n) is 23.7. The molecule has 0 atom stereocenters. The molecule has 6 aromatic rings. The van der Waals surface area contributed by atoms with Crippen LogP contribution in [0.1, 0.15) is 20.7 Å². The van der Waals surface area contributed by atoms with Crippen molar-refractivity contribution in [2.24, 2.45) is 0 Å². The molecule has 6 nitrogen and oxygen atoms in total. The van der Waals surface area contributed by atoms with Gasteiger partial charge < -0.3 is 10.6 Å². The summed E-state index contributed by atoms with van der Waals surface area (Å²) in [5.41, 5.74) is 3.13. The third-order valence-electron chi connectivity index (χ3n) is 7.11. The molecule has 6 rings (SSSR count). The van der Waals surface area contributed by atoms with Gasteiger partial charge in [0.25, 0.3) is 11.8 Å². The number of nitrogens with one attached hydrogen (secondary N) is 2. The first-order chi connectivity index (χ1) is 21.9. The molecule has 2 amide bonds. The van der Waals surface area contributed by atoms with Gasteiger partial charge in [-0.25, -0.2) is 0 Å². The SMILES string of the molecule is O=C(Nc1ccc(SCC(=O)n2c3ccccc3c3ccccc32)cc1)/C(=C/c1cccc(Cl)c1Cl)NC(=O)c1ccccc1. The number of carbonyl (C=O) groups excluding carboxylic acids is 3. The average Bonchev–Trinajstić information content (AvgIpc) is 3.41. The zero-order chi connectivity index (χ0) is 31.3. The fraction of sp³-hybridized carbons (Fsp3) is 0.0278. The molecule has 1 heterocycles. The summed E-state index contributed by atoms with van der Waals surface area (Å²) in [5.74, 6) is -0.793. The fourth-order valence-electron chi connectivity index (χ4n) is 4.96. The Morgan fingerprint density at radius 3 is 2.00 bits per heavy atom. The summed E-state index contributed by atoms with van der Waals surface area (Å²) >= 11 is 14.0. The number of fused-ring (bicyclic) bond motifs is 3. The van der Waals surface area contributed by atoms with Gasteiger partial charge in [-0.3, -0.25) is 19.0 Å². The van der Waals surface area contributed by atoms with Gasteiger partial charge in [0.2, 0.25) is 5.91 Å². The van der Waals surface area contributed by atoms with Crippen LogP contribution in [0.4, 0.5) is 5.69 Å². The van der Waals surface area contributed by atoms with E-state index in [4.69, 9.17) is 23.2 Å². The van der Waals surface area contributed by atoms with Crippen LogP contribution in [0.15, 0.2) is 132 Å². The van der Waals surface area contributed by atoms with Crippen molar-refractivity contribution in [3.63, 3.8) is 0 Å². The van der Waals surface area contributed by atoms with E-state index in [1.807, 2.05) is 60.7 Å². The number of halogens is 2. The largest absolute Gasteiger partial charge is 0.321 e. The normalized spacial score (nSPS) is 11.5. The number of nitrogens with zero attached hydrogens (tertiary/aromatic N) is 1. The van der Waals surface area contributed by atoms with Crippen molar-refractivity contribution < 1.29 is 14.4 Å². The van der Waals surface area contributed by atoms with Gasteiger partial charge in [0, 0.05) is 26.9 Å². The summed E-state index contributed by atoms with van der Waals surface area (Å²) in [6.45, 7) is 0. The molecule has 222 valence electrons. The summed E-state index contributed by atoms with van der Waals surface area (Å²) in [6, 6.07) is 36.6. The van der Waals surface area contributed by atoms with Crippen molar-refractivity contribution in [3.8, 4) is 0 Å². The van der Waals surface area contributed by atoms with Gasteiger partial charge in [-0.2, -0.15) is 0 Å². The minimum absolute atomic E-state index is 0.0109. The lowest BCUT2D eigenvalue weighted by atomic mass is 10.1. The first-order valence-electron chi connectivity index (χ1n) is 14.0. The maximum atomic E-state index is 13.4. The van der Waals surface area contributed by atoms with Gasteiger partial charge in [0.05, 0.1) is 26.8 Å². The van der Waals surface area contributed by atoms with Gasteiger partial charge in [0.15, 0.2) is 0 Å². The molecule has 9 heteroatoms. The first kappa shape index (κ1) is 30.2. The first-order valence-corrected chi connectivity index (χ1v) is 15.7. The second kappa shape index (κ2) is 13.4. The molecule has 0 fully saturated rings. The van der Waals surface area contributed by atoms with Gasteiger partial charge >= 0.3 is 0 Å². The van der Waals surface area contributed by atoms with E-state index in [0.717, 1.165) is 26.7 Å². The molecule has 45 heavy (non-hydrogen) atoms. The molecule has 0 aliphatic heterocycles. The molecule has 0 unspecified atom stereocenters. The molecule has 0 bridgehead atoms. The Labute approximate surface area is 273 Å². The van der Waals surface area contributed by atoms with E-state index in [0.29, 0.717) is 21.8 Å². The highest BCUT2D eigenvalue weighted by Crippen LogP contribution is 2.30. The van der Waals surface area contributed by atoms with E-state index in [-0.39, 0.29) is 22.4 Å². The molecule has 0 aliphatic carbocycles. The minimum atomic E-state index is -0.544. The number of carbonyl (C=O) groups is 3. The molecule has 1 aromatic heterocycles. The second-order valence-electron chi connectivity index (χ2n) is 10.1. The van der Waals surface area contributed by atoms with Crippen LogP contribution in [0.2, 0.25) is 10.0 Å². The lowest BCUT2D eigenvalue weighted by Crippen LogP contribution is -2.30. The smallest absolute Gasteiger partial charge is 0.272 e. The van der Waals surface area contributed by atoms with Crippen molar-refractivity contribution >= 4 is 86.3 Å². The van der Waals surface area contributed by atoms with Gasteiger partial charge in [-0.15, -0.1) is 11.8 Å². The summed E-state index contributed by atoms with van der Waals surface area (Å²) in [7, 11) is 0. The third kappa shape index (κ3) is 6.66. The molecule has 0 radical (unpaired) electrons. The van der Waals surface area contributed by atoms with E-state index in [2.05, 4.69) is 10.6 Å². The van der Waals surface area contributed by atoms with E-state index >= 15 is 0 Å². The van der Waals surface area contributed by atoms with Crippen molar-refractivity contribution in [3.05, 3.63) is 148 Å².